The van der Waals surface area contributed by atoms with Crippen molar-refractivity contribution < 1.29 is 4.74 Å². The number of rotatable bonds is 10. The lowest BCUT2D eigenvalue weighted by Crippen LogP contribution is -2.34. The summed E-state index contributed by atoms with van der Waals surface area (Å²) < 4.78 is 5.21. The summed E-state index contributed by atoms with van der Waals surface area (Å²) in [5.74, 6) is 1.75. The van der Waals surface area contributed by atoms with E-state index in [9.17, 15) is 0 Å². The van der Waals surface area contributed by atoms with Crippen LogP contribution in [0.1, 0.15) is 51.5 Å². The first-order valence-corrected chi connectivity index (χ1v) is 8.05. The first kappa shape index (κ1) is 17.0. The Labute approximate surface area is 124 Å². The SMILES string of the molecule is CCCC(CCC)C(CCc1ccc(OC)cc1)NC. The minimum absolute atomic E-state index is 0.636. The molecule has 2 nitrogen and oxygen atoms in total. The monoisotopic (exact) mass is 277 g/mol. The van der Waals surface area contributed by atoms with Crippen molar-refractivity contribution in [1.82, 2.24) is 5.32 Å². The molecule has 1 aromatic carbocycles. The zero-order valence-electron chi connectivity index (χ0n) is 13.6. The zero-order chi connectivity index (χ0) is 14.8. The molecule has 0 saturated carbocycles. The normalized spacial score (nSPS) is 12.7. The van der Waals surface area contributed by atoms with Gasteiger partial charge in [0.1, 0.15) is 5.75 Å². The maximum atomic E-state index is 5.21. The lowest BCUT2D eigenvalue weighted by Gasteiger charge is -2.26. The molecule has 1 atom stereocenters. The van der Waals surface area contributed by atoms with Gasteiger partial charge < -0.3 is 10.1 Å². The van der Waals surface area contributed by atoms with Crippen LogP contribution in [0.2, 0.25) is 0 Å². The van der Waals surface area contributed by atoms with E-state index in [1.165, 1.54) is 37.7 Å². The molecular weight excluding hydrogens is 246 g/mol. The average Bonchev–Trinajstić information content (AvgIpc) is 2.49. The van der Waals surface area contributed by atoms with Crippen LogP contribution in [0, 0.1) is 5.92 Å². The second-order valence-electron chi connectivity index (χ2n) is 5.62. The average molecular weight is 277 g/mol. The lowest BCUT2D eigenvalue weighted by molar-refractivity contribution is 0.310. The van der Waals surface area contributed by atoms with Crippen LogP contribution in [0.4, 0.5) is 0 Å². The summed E-state index contributed by atoms with van der Waals surface area (Å²) in [4.78, 5) is 0. The van der Waals surface area contributed by atoms with Crippen molar-refractivity contribution in [3.8, 4) is 5.75 Å². The van der Waals surface area contributed by atoms with Crippen LogP contribution in [0.3, 0.4) is 0 Å². The number of ether oxygens (including phenoxy) is 1. The molecule has 2 heteroatoms. The van der Waals surface area contributed by atoms with Gasteiger partial charge in [-0.3, -0.25) is 0 Å². The number of hydrogen-bond donors (Lipinski definition) is 1. The Morgan fingerprint density at radius 2 is 1.60 bits per heavy atom. The van der Waals surface area contributed by atoms with Gasteiger partial charge >= 0.3 is 0 Å². The van der Waals surface area contributed by atoms with Crippen LogP contribution in [0.5, 0.6) is 5.75 Å². The van der Waals surface area contributed by atoms with E-state index in [4.69, 9.17) is 4.74 Å². The molecule has 0 aliphatic rings. The van der Waals surface area contributed by atoms with Crippen molar-refractivity contribution in [3.05, 3.63) is 29.8 Å². The largest absolute Gasteiger partial charge is 0.497 e. The van der Waals surface area contributed by atoms with Gasteiger partial charge in [-0.05, 0) is 56.3 Å². The molecule has 114 valence electrons. The quantitative estimate of drug-likeness (QED) is 0.683. The van der Waals surface area contributed by atoms with Gasteiger partial charge in [0.25, 0.3) is 0 Å². The number of nitrogens with one attached hydrogen (secondary N) is 1. The summed E-state index contributed by atoms with van der Waals surface area (Å²) in [5, 5.41) is 3.54. The minimum Gasteiger partial charge on any atom is -0.497 e. The summed E-state index contributed by atoms with van der Waals surface area (Å²) in [6.07, 6.45) is 7.59. The van der Waals surface area contributed by atoms with Gasteiger partial charge in [0.2, 0.25) is 0 Å². The highest BCUT2D eigenvalue weighted by Crippen LogP contribution is 2.22. The summed E-state index contributed by atoms with van der Waals surface area (Å²) in [7, 11) is 3.82. The van der Waals surface area contributed by atoms with Crippen molar-refractivity contribution in [3.63, 3.8) is 0 Å². The van der Waals surface area contributed by atoms with E-state index in [0.29, 0.717) is 6.04 Å². The summed E-state index contributed by atoms with van der Waals surface area (Å²) >= 11 is 0. The molecule has 0 fully saturated rings. The molecule has 0 amide bonds. The third-order valence-corrected chi connectivity index (χ3v) is 4.16. The molecule has 0 aliphatic carbocycles. The van der Waals surface area contributed by atoms with Crippen LogP contribution in [-0.2, 0) is 6.42 Å². The van der Waals surface area contributed by atoms with Crippen molar-refractivity contribution in [2.24, 2.45) is 5.92 Å². The predicted octanol–water partition coefficient (Wildman–Crippen LogP) is 4.43. The fourth-order valence-corrected chi connectivity index (χ4v) is 3.02. The molecule has 1 N–H and O–H groups in total. The molecule has 0 saturated heterocycles. The summed E-state index contributed by atoms with van der Waals surface area (Å²) in [5.41, 5.74) is 1.40. The molecule has 0 bridgehead atoms. The van der Waals surface area contributed by atoms with Gasteiger partial charge in [0, 0.05) is 6.04 Å². The Hall–Kier alpha value is -1.02. The van der Waals surface area contributed by atoms with Gasteiger partial charge in [0.15, 0.2) is 0 Å². The third kappa shape index (κ3) is 5.54. The van der Waals surface area contributed by atoms with Crippen molar-refractivity contribution in [2.45, 2.75) is 58.4 Å². The first-order chi connectivity index (χ1) is 9.74. The number of aryl methyl sites for hydroxylation is 1. The Bertz CT molecular complexity index is 341. The van der Waals surface area contributed by atoms with E-state index in [0.717, 1.165) is 18.1 Å². The predicted molar refractivity (Wildman–Crippen MR) is 87.5 cm³/mol. The van der Waals surface area contributed by atoms with Crippen molar-refractivity contribution in [2.75, 3.05) is 14.2 Å². The molecule has 1 rings (SSSR count). The maximum Gasteiger partial charge on any atom is 0.118 e. The molecule has 0 aromatic heterocycles. The number of hydrogen-bond acceptors (Lipinski definition) is 2. The van der Waals surface area contributed by atoms with E-state index in [2.05, 4.69) is 50.5 Å². The van der Waals surface area contributed by atoms with Crippen LogP contribution in [0.25, 0.3) is 0 Å². The Morgan fingerprint density at radius 3 is 2.05 bits per heavy atom. The van der Waals surface area contributed by atoms with E-state index >= 15 is 0 Å². The van der Waals surface area contributed by atoms with Crippen LogP contribution in [-0.4, -0.2) is 20.2 Å². The number of benzene rings is 1. The molecule has 0 heterocycles. The molecule has 0 radical (unpaired) electrons. The van der Waals surface area contributed by atoms with Crippen molar-refractivity contribution >= 4 is 0 Å². The van der Waals surface area contributed by atoms with Gasteiger partial charge in [-0.1, -0.05) is 38.8 Å². The molecular formula is C18H31NO. The van der Waals surface area contributed by atoms with E-state index in [1.54, 1.807) is 7.11 Å². The molecule has 0 aliphatic heterocycles. The fourth-order valence-electron chi connectivity index (χ4n) is 3.02. The molecule has 0 spiro atoms. The third-order valence-electron chi connectivity index (χ3n) is 4.16. The highest BCUT2D eigenvalue weighted by atomic mass is 16.5. The van der Waals surface area contributed by atoms with Crippen LogP contribution in [0.15, 0.2) is 24.3 Å². The van der Waals surface area contributed by atoms with Crippen LogP contribution >= 0.6 is 0 Å². The Morgan fingerprint density at radius 1 is 1.00 bits per heavy atom. The second kappa shape index (κ2) is 9.82. The first-order valence-electron chi connectivity index (χ1n) is 8.05. The standard InChI is InChI=1S/C18H31NO/c1-5-7-16(8-6-2)18(19-3)14-11-15-9-12-17(20-4)13-10-15/h9-10,12-13,16,18-19H,5-8,11,14H2,1-4H3. The maximum absolute atomic E-state index is 5.21. The summed E-state index contributed by atoms with van der Waals surface area (Å²) in [6, 6.07) is 9.11. The van der Waals surface area contributed by atoms with Crippen LogP contribution < -0.4 is 10.1 Å². The van der Waals surface area contributed by atoms with Gasteiger partial charge in [-0.15, -0.1) is 0 Å². The molecule has 1 unspecified atom stereocenters. The summed E-state index contributed by atoms with van der Waals surface area (Å²) in [6.45, 7) is 4.58. The van der Waals surface area contributed by atoms with Gasteiger partial charge in [-0.2, -0.15) is 0 Å². The zero-order valence-corrected chi connectivity index (χ0v) is 13.6. The van der Waals surface area contributed by atoms with E-state index in [-0.39, 0.29) is 0 Å². The van der Waals surface area contributed by atoms with E-state index < -0.39 is 0 Å². The van der Waals surface area contributed by atoms with E-state index in [1.807, 2.05) is 0 Å². The smallest absolute Gasteiger partial charge is 0.118 e. The number of methoxy groups -OCH3 is 1. The highest BCUT2D eigenvalue weighted by Gasteiger charge is 2.18. The minimum atomic E-state index is 0.636. The molecule has 1 aromatic rings. The topological polar surface area (TPSA) is 21.3 Å². The Balaban J connectivity index is 2.53. The highest BCUT2D eigenvalue weighted by molar-refractivity contribution is 5.27. The van der Waals surface area contributed by atoms with Crippen molar-refractivity contribution in [1.29, 1.82) is 0 Å². The lowest BCUT2D eigenvalue weighted by atomic mass is 9.87. The van der Waals surface area contributed by atoms with Gasteiger partial charge in [-0.25, -0.2) is 0 Å². The molecule has 20 heavy (non-hydrogen) atoms. The van der Waals surface area contributed by atoms with Gasteiger partial charge in [0.05, 0.1) is 7.11 Å². The Kier molecular flexibility index (Phi) is 8.36. The fraction of sp³-hybridized carbons (Fsp3) is 0.667. The second-order valence-corrected chi connectivity index (χ2v) is 5.62.